The Kier molecular flexibility index (Phi) is 4.66. The Labute approximate surface area is 129 Å². The van der Waals surface area contributed by atoms with E-state index in [0.717, 1.165) is 36.4 Å². The van der Waals surface area contributed by atoms with Gasteiger partial charge in [-0.1, -0.05) is 19.1 Å². The Morgan fingerprint density at radius 2 is 2.14 bits per heavy atom. The van der Waals surface area contributed by atoms with Gasteiger partial charge in [-0.2, -0.15) is 0 Å². The number of thiazole rings is 1. The van der Waals surface area contributed by atoms with Crippen LogP contribution in [-0.2, 0) is 12.8 Å². The second-order valence-corrected chi connectivity index (χ2v) is 6.74. The van der Waals surface area contributed by atoms with Crippen molar-refractivity contribution >= 4 is 11.3 Å². The standard InChI is InChI=1S/C17H21FN2S/c1-2-10-19-14-4-3-5-15-17(14)21-16(20-15)11-12-6-8-13(18)9-7-12/h6-9,14,19H,2-5,10-11H2,1H3. The predicted octanol–water partition coefficient (Wildman–Crippen LogP) is 4.25. The van der Waals surface area contributed by atoms with Crippen molar-refractivity contribution in [2.75, 3.05) is 6.54 Å². The molecule has 3 rings (SSSR count). The highest BCUT2D eigenvalue weighted by Crippen LogP contribution is 2.34. The molecule has 1 atom stereocenters. The van der Waals surface area contributed by atoms with Crippen LogP contribution in [0.15, 0.2) is 24.3 Å². The van der Waals surface area contributed by atoms with E-state index < -0.39 is 0 Å². The normalized spacial score (nSPS) is 17.7. The van der Waals surface area contributed by atoms with Gasteiger partial charge in [-0.25, -0.2) is 9.37 Å². The molecule has 2 aromatic rings. The first-order chi connectivity index (χ1) is 10.3. The zero-order valence-electron chi connectivity index (χ0n) is 12.4. The molecule has 0 spiro atoms. The Balaban J connectivity index is 1.76. The van der Waals surface area contributed by atoms with Crippen molar-refractivity contribution in [1.29, 1.82) is 0 Å². The molecule has 112 valence electrons. The maximum absolute atomic E-state index is 13.0. The summed E-state index contributed by atoms with van der Waals surface area (Å²) in [6.45, 7) is 3.26. The van der Waals surface area contributed by atoms with Crippen molar-refractivity contribution in [1.82, 2.24) is 10.3 Å². The molecule has 0 bridgehead atoms. The minimum atomic E-state index is -0.180. The number of fused-ring (bicyclic) bond motifs is 1. The zero-order chi connectivity index (χ0) is 14.7. The number of nitrogens with one attached hydrogen (secondary N) is 1. The van der Waals surface area contributed by atoms with Crippen LogP contribution < -0.4 is 5.32 Å². The first-order valence-corrected chi connectivity index (χ1v) is 8.54. The van der Waals surface area contributed by atoms with Crippen LogP contribution in [0.3, 0.4) is 0 Å². The van der Waals surface area contributed by atoms with Crippen LogP contribution in [0.2, 0.25) is 0 Å². The lowest BCUT2D eigenvalue weighted by Crippen LogP contribution is -2.24. The topological polar surface area (TPSA) is 24.9 Å². The summed E-state index contributed by atoms with van der Waals surface area (Å²) in [5, 5.41) is 4.78. The van der Waals surface area contributed by atoms with E-state index in [4.69, 9.17) is 4.98 Å². The van der Waals surface area contributed by atoms with E-state index in [0.29, 0.717) is 6.04 Å². The number of hydrogen-bond acceptors (Lipinski definition) is 3. The minimum absolute atomic E-state index is 0.180. The fourth-order valence-corrected chi connectivity index (χ4v) is 4.09. The predicted molar refractivity (Wildman–Crippen MR) is 85.3 cm³/mol. The van der Waals surface area contributed by atoms with E-state index in [1.54, 1.807) is 0 Å². The highest BCUT2D eigenvalue weighted by atomic mass is 32.1. The molecular formula is C17H21FN2S. The van der Waals surface area contributed by atoms with Crippen molar-refractivity contribution < 1.29 is 4.39 Å². The Morgan fingerprint density at radius 3 is 2.90 bits per heavy atom. The Bertz CT molecular complexity index is 591. The average Bonchev–Trinajstić information content (AvgIpc) is 2.90. The van der Waals surface area contributed by atoms with E-state index in [-0.39, 0.29) is 5.82 Å². The molecule has 1 aliphatic rings. The third-order valence-electron chi connectivity index (χ3n) is 3.90. The van der Waals surface area contributed by atoms with E-state index >= 15 is 0 Å². The zero-order valence-corrected chi connectivity index (χ0v) is 13.2. The third kappa shape index (κ3) is 3.50. The quantitative estimate of drug-likeness (QED) is 0.893. The van der Waals surface area contributed by atoms with Crippen molar-refractivity contribution in [2.24, 2.45) is 0 Å². The second kappa shape index (κ2) is 6.67. The first kappa shape index (κ1) is 14.7. The second-order valence-electron chi connectivity index (χ2n) is 5.62. The van der Waals surface area contributed by atoms with E-state index in [9.17, 15) is 4.39 Å². The van der Waals surface area contributed by atoms with Gasteiger partial charge in [0.25, 0.3) is 0 Å². The lowest BCUT2D eigenvalue weighted by Gasteiger charge is -2.22. The molecule has 0 aliphatic heterocycles. The summed E-state index contributed by atoms with van der Waals surface area (Å²) in [5.41, 5.74) is 2.40. The fourth-order valence-electron chi connectivity index (χ4n) is 2.84. The van der Waals surface area contributed by atoms with Crippen LogP contribution >= 0.6 is 11.3 Å². The van der Waals surface area contributed by atoms with E-state index in [1.165, 1.54) is 35.5 Å². The summed E-state index contributed by atoms with van der Waals surface area (Å²) < 4.78 is 13.0. The van der Waals surface area contributed by atoms with E-state index in [2.05, 4.69) is 12.2 Å². The largest absolute Gasteiger partial charge is 0.309 e. The number of hydrogen-bond donors (Lipinski definition) is 1. The van der Waals surface area contributed by atoms with Crippen molar-refractivity contribution in [3.8, 4) is 0 Å². The van der Waals surface area contributed by atoms with Gasteiger partial charge in [0, 0.05) is 17.3 Å². The number of halogens is 1. The van der Waals surface area contributed by atoms with Gasteiger partial charge in [0.2, 0.25) is 0 Å². The number of aryl methyl sites for hydroxylation is 1. The summed E-state index contributed by atoms with van der Waals surface area (Å²) in [7, 11) is 0. The van der Waals surface area contributed by atoms with Gasteiger partial charge in [-0.3, -0.25) is 0 Å². The monoisotopic (exact) mass is 304 g/mol. The van der Waals surface area contributed by atoms with E-state index in [1.807, 2.05) is 23.5 Å². The molecule has 4 heteroatoms. The molecule has 2 nitrogen and oxygen atoms in total. The number of nitrogens with zero attached hydrogens (tertiary/aromatic N) is 1. The number of aromatic nitrogens is 1. The van der Waals surface area contributed by atoms with Gasteiger partial charge in [-0.15, -0.1) is 11.3 Å². The molecule has 1 N–H and O–H groups in total. The van der Waals surface area contributed by atoms with Gasteiger partial charge in [0.1, 0.15) is 5.82 Å². The lowest BCUT2D eigenvalue weighted by atomic mass is 9.98. The van der Waals surface area contributed by atoms with Crippen LogP contribution in [0.5, 0.6) is 0 Å². The molecule has 21 heavy (non-hydrogen) atoms. The SMILES string of the molecule is CCCNC1CCCc2nc(Cc3ccc(F)cc3)sc21. The molecule has 0 radical (unpaired) electrons. The molecule has 1 heterocycles. The third-order valence-corrected chi connectivity index (χ3v) is 5.12. The Hall–Kier alpha value is -1.26. The molecular weight excluding hydrogens is 283 g/mol. The van der Waals surface area contributed by atoms with Crippen LogP contribution in [-0.4, -0.2) is 11.5 Å². The summed E-state index contributed by atoms with van der Waals surface area (Å²) in [5.74, 6) is -0.180. The van der Waals surface area contributed by atoms with Crippen LogP contribution in [0.4, 0.5) is 4.39 Å². The van der Waals surface area contributed by atoms with Crippen LogP contribution in [0.25, 0.3) is 0 Å². The van der Waals surface area contributed by atoms with Crippen molar-refractivity contribution in [2.45, 2.75) is 45.1 Å². The maximum Gasteiger partial charge on any atom is 0.123 e. The molecule has 0 amide bonds. The van der Waals surface area contributed by atoms with Gasteiger partial charge in [-0.05, 0) is 49.9 Å². The molecule has 1 aromatic carbocycles. The number of benzene rings is 1. The highest BCUT2D eigenvalue weighted by molar-refractivity contribution is 7.11. The van der Waals surface area contributed by atoms with Gasteiger partial charge in [0.05, 0.1) is 10.7 Å². The van der Waals surface area contributed by atoms with Crippen LogP contribution in [0.1, 0.15) is 53.4 Å². The van der Waals surface area contributed by atoms with Gasteiger partial charge >= 0.3 is 0 Å². The smallest absolute Gasteiger partial charge is 0.123 e. The average molecular weight is 304 g/mol. The number of rotatable bonds is 5. The molecule has 0 saturated heterocycles. The summed E-state index contributed by atoms with van der Waals surface area (Å²) in [6.07, 6.45) is 5.49. The van der Waals surface area contributed by atoms with Gasteiger partial charge < -0.3 is 5.32 Å². The molecule has 1 unspecified atom stereocenters. The summed E-state index contributed by atoms with van der Waals surface area (Å²) >= 11 is 1.83. The lowest BCUT2D eigenvalue weighted by molar-refractivity contribution is 0.464. The van der Waals surface area contributed by atoms with Crippen molar-refractivity contribution in [3.63, 3.8) is 0 Å². The summed E-state index contributed by atoms with van der Waals surface area (Å²) in [4.78, 5) is 6.23. The molecule has 0 saturated carbocycles. The highest BCUT2D eigenvalue weighted by Gasteiger charge is 2.23. The molecule has 1 aliphatic carbocycles. The molecule has 0 fully saturated rings. The fraction of sp³-hybridized carbons (Fsp3) is 0.471. The molecule has 1 aromatic heterocycles. The summed E-state index contributed by atoms with van der Waals surface area (Å²) in [6, 6.07) is 7.22. The Morgan fingerprint density at radius 1 is 1.33 bits per heavy atom. The van der Waals surface area contributed by atoms with Crippen molar-refractivity contribution in [3.05, 3.63) is 51.2 Å². The van der Waals surface area contributed by atoms with Gasteiger partial charge in [0.15, 0.2) is 0 Å². The maximum atomic E-state index is 13.0. The minimum Gasteiger partial charge on any atom is -0.309 e. The first-order valence-electron chi connectivity index (χ1n) is 7.72. The van der Waals surface area contributed by atoms with Crippen LogP contribution in [0, 0.1) is 5.82 Å².